The van der Waals surface area contributed by atoms with Crippen LogP contribution in [0.25, 0.3) is 0 Å². The van der Waals surface area contributed by atoms with Crippen molar-refractivity contribution in [2.24, 2.45) is 0 Å². The first-order chi connectivity index (χ1) is 14.2. The number of ether oxygens (including phenoxy) is 1. The number of rotatable bonds is 7. The van der Waals surface area contributed by atoms with Crippen molar-refractivity contribution in [2.75, 3.05) is 16.6 Å². The molecule has 6 nitrogen and oxygen atoms in total. The predicted molar refractivity (Wildman–Crippen MR) is 114 cm³/mol. The second-order valence-electron chi connectivity index (χ2n) is 6.69. The van der Waals surface area contributed by atoms with Crippen LogP contribution in [0, 0.1) is 19.7 Å². The minimum atomic E-state index is -3.75. The Bertz CT molecular complexity index is 1170. The molecule has 0 aliphatic heterocycles. The number of carbonyl (C=O) groups is 1. The zero-order chi connectivity index (χ0) is 21.7. The molecule has 2 N–H and O–H groups in total. The lowest BCUT2D eigenvalue weighted by Gasteiger charge is -2.13. The molecule has 0 unspecified atom stereocenters. The molecule has 30 heavy (non-hydrogen) atoms. The first-order valence-electron chi connectivity index (χ1n) is 9.12. The van der Waals surface area contributed by atoms with Gasteiger partial charge >= 0.3 is 0 Å². The zero-order valence-electron chi connectivity index (χ0n) is 16.5. The van der Waals surface area contributed by atoms with Gasteiger partial charge in [0.2, 0.25) is 0 Å². The molecule has 3 aromatic rings. The molecule has 0 atom stereocenters. The van der Waals surface area contributed by atoms with Crippen molar-refractivity contribution in [3.05, 3.63) is 83.7 Å². The maximum Gasteiger partial charge on any atom is 0.262 e. The lowest BCUT2D eigenvalue weighted by Crippen LogP contribution is -2.21. The minimum absolute atomic E-state index is 0.0797. The summed E-state index contributed by atoms with van der Waals surface area (Å²) in [6, 6.07) is 17.0. The molecule has 0 saturated carbocycles. The monoisotopic (exact) mass is 428 g/mol. The number of sulfonamides is 1. The van der Waals surface area contributed by atoms with Gasteiger partial charge in [0.25, 0.3) is 15.9 Å². The molecule has 0 fully saturated rings. The Labute approximate surface area is 174 Å². The molecule has 0 aromatic heterocycles. The maximum absolute atomic E-state index is 13.3. The number of para-hydroxylation sites is 1. The van der Waals surface area contributed by atoms with Gasteiger partial charge in [-0.2, -0.15) is 0 Å². The standard InChI is InChI=1S/C22H21FN2O4S/c1-15-8-9-17(23)13-20(15)24-22(26)14-29-21-11-10-19(12-16(21)2)30(27,28)25-18-6-4-3-5-7-18/h3-13,25H,14H2,1-2H3,(H,24,26). The van der Waals surface area contributed by atoms with Crippen LogP contribution in [0.15, 0.2) is 71.6 Å². The molecule has 1 amide bonds. The average molecular weight is 428 g/mol. The Morgan fingerprint density at radius 3 is 2.40 bits per heavy atom. The van der Waals surface area contributed by atoms with Crippen LogP contribution in [-0.2, 0) is 14.8 Å². The van der Waals surface area contributed by atoms with Crippen LogP contribution in [-0.4, -0.2) is 20.9 Å². The molecule has 0 bridgehead atoms. The van der Waals surface area contributed by atoms with E-state index in [1.165, 1.54) is 30.3 Å². The Kier molecular flexibility index (Phi) is 6.37. The van der Waals surface area contributed by atoms with Crippen molar-refractivity contribution >= 4 is 27.3 Å². The van der Waals surface area contributed by atoms with Crippen LogP contribution in [0.3, 0.4) is 0 Å². The fourth-order valence-electron chi connectivity index (χ4n) is 2.73. The zero-order valence-corrected chi connectivity index (χ0v) is 17.3. The summed E-state index contributed by atoms with van der Waals surface area (Å²) in [5.74, 6) is -0.529. The van der Waals surface area contributed by atoms with Crippen LogP contribution in [0.1, 0.15) is 11.1 Å². The summed E-state index contributed by atoms with van der Waals surface area (Å²) < 4.78 is 46.4. The van der Waals surface area contributed by atoms with Crippen LogP contribution in [0.4, 0.5) is 15.8 Å². The molecule has 0 aliphatic carbocycles. The highest BCUT2D eigenvalue weighted by molar-refractivity contribution is 7.92. The number of benzene rings is 3. The van der Waals surface area contributed by atoms with Crippen molar-refractivity contribution in [3.63, 3.8) is 0 Å². The maximum atomic E-state index is 13.3. The van der Waals surface area contributed by atoms with Crippen molar-refractivity contribution in [1.82, 2.24) is 0 Å². The molecular formula is C22H21FN2O4S. The summed E-state index contributed by atoms with van der Waals surface area (Å²) >= 11 is 0. The van der Waals surface area contributed by atoms with Crippen molar-refractivity contribution in [2.45, 2.75) is 18.7 Å². The SMILES string of the molecule is Cc1ccc(F)cc1NC(=O)COc1ccc(S(=O)(=O)Nc2ccccc2)cc1C. The predicted octanol–water partition coefficient (Wildman–Crippen LogP) is 4.26. The van der Waals surface area contributed by atoms with Crippen LogP contribution < -0.4 is 14.8 Å². The minimum Gasteiger partial charge on any atom is -0.483 e. The third-order valence-corrected chi connectivity index (χ3v) is 5.69. The number of anilines is 2. The number of aryl methyl sites for hydroxylation is 2. The molecule has 156 valence electrons. The van der Waals surface area contributed by atoms with E-state index in [1.54, 1.807) is 50.2 Å². The summed E-state index contributed by atoms with van der Waals surface area (Å²) in [7, 11) is -3.75. The topological polar surface area (TPSA) is 84.5 Å². The summed E-state index contributed by atoms with van der Waals surface area (Å²) in [5.41, 5.74) is 2.11. The second kappa shape index (κ2) is 8.96. The summed E-state index contributed by atoms with van der Waals surface area (Å²) in [6.45, 7) is 3.14. The van der Waals surface area contributed by atoms with E-state index in [1.807, 2.05) is 0 Å². The van der Waals surface area contributed by atoms with E-state index in [4.69, 9.17) is 4.74 Å². The van der Waals surface area contributed by atoms with E-state index in [2.05, 4.69) is 10.0 Å². The molecular weight excluding hydrogens is 407 g/mol. The van der Waals surface area contributed by atoms with E-state index in [9.17, 15) is 17.6 Å². The highest BCUT2D eigenvalue weighted by Gasteiger charge is 2.16. The van der Waals surface area contributed by atoms with Crippen LogP contribution in [0.5, 0.6) is 5.75 Å². The lowest BCUT2D eigenvalue weighted by molar-refractivity contribution is -0.118. The Morgan fingerprint density at radius 2 is 1.70 bits per heavy atom. The third kappa shape index (κ3) is 5.36. The third-order valence-electron chi connectivity index (χ3n) is 4.32. The Morgan fingerprint density at radius 1 is 0.967 bits per heavy atom. The molecule has 0 aliphatic rings. The van der Waals surface area contributed by atoms with Gasteiger partial charge in [-0.15, -0.1) is 0 Å². The number of nitrogens with one attached hydrogen (secondary N) is 2. The second-order valence-corrected chi connectivity index (χ2v) is 8.38. The van der Waals surface area contributed by atoms with Gasteiger partial charge in [-0.3, -0.25) is 9.52 Å². The van der Waals surface area contributed by atoms with Crippen LogP contribution in [0.2, 0.25) is 0 Å². The van der Waals surface area contributed by atoms with Crippen molar-refractivity contribution in [3.8, 4) is 5.75 Å². The average Bonchev–Trinajstić information content (AvgIpc) is 2.70. The summed E-state index contributed by atoms with van der Waals surface area (Å²) in [5, 5.41) is 2.59. The smallest absolute Gasteiger partial charge is 0.262 e. The highest BCUT2D eigenvalue weighted by Crippen LogP contribution is 2.24. The molecule has 0 heterocycles. The van der Waals surface area contributed by atoms with E-state index < -0.39 is 21.7 Å². The fraction of sp³-hybridized carbons (Fsp3) is 0.136. The van der Waals surface area contributed by atoms with E-state index >= 15 is 0 Å². The van der Waals surface area contributed by atoms with E-state index in [0.29, 0.717) is 22.7 Å². The first kappa shape index (κ1) is 21.3. The van der Waals surface area contributed by atoms with Crippen molar-refractivity contribution in [1.29, 1.82) is 0 Å². The largest absolute Gasteiger partial charge is 0.483 e. The summed E-state index contributed by atoms with van der Waals surface area (Å²) in [6.07, 6.45) is 0. The Hall–Kier alpha value is -3.39. The van der Waals surface area contributed by atoms with Gasteiger partial charge < -0.3 is 10.1 Å². The first-order valence-corrected chi connectivity index (χ1v) is 10.6. The van der Waals surface area contributed by atoms with E-state index in [0.717, 1.165) is 5.56 Å². The number of carbonyl (C=O) groups excluding carboxylic acids is 1. The molecule has 0 spiro atoms. The van der Waals surface area contributed by atoms with Crippen LogP contribution >= 0.6 is 0 Å². The number of amides is 1. The summed E-state index contributed by atoms with van der Waals surface area (Å²) in [4.78, 5) is 12.2. The van der Waals surface area contributed by atoms with Gasteiger partial charge in [-0.1, -0.05) is 24.3 Å². The van der Waals surface area contributed by atoms with Gasteiger partial charge in [0, 0.05) is 11.4 Å². The molecule has 0 saturated heterocycles. The lowest BCUT2D eigenvalue weighted by atomic mass is 10.2. The fourth-order valence-corrected chi connectivity index (χ4v) is 3.87. The van der Waals surface area contributed by atoms with Gasteiger partial charge in [0.05, 0.1) is 4.90 Å². The van der Waals surface area contributed by atoms with E-state index in [-0.39, 0.29) is 11.5 Å². The van der Waals surface area contributed by atoms with Crippen molar-refractivity contribution < 1.29 is 22.3 Å². The number of hydrogen-bond acceptors (Lipinski definition) is 4. The quantitative estimate of drug-likeness (QED) is 0.589. The molecule has 8 heteroatoms. The normalized spacial score (nSPS) is 11.0. The number of hydrogen-bond donors (Lipinski definition) is 2. The van der Waals surface area contributed by atoms with Gasteiger partial charge in [0.15, 0.2) is 6.61 Å². The molecule has 0 radical (unpaired) electrons. The van der Waals surface area contributed by atoms with Gasteiger partial charge in [-0.05, 0) is 67.4 Å². The Balaban J connectivity index is 1.65. The molecule has 3 rings (SSSR count). The van der Waals surface area contributed by atoms with Gasteiger partial charge in [-0.25, -0.2) is 12.8 Å². The highest BCUT2D eigenvalue weighted by atomic mass is 32.2. The molecule has 3 aromatic carbocycles. The number of halogens is 1. The van der Waals surface area contributed by atoms with Gasteiger partial charge in [0.1, 0.15) is 11.6 Å².